The molecule has 0 fully saturated rings. The van der Waals surface area contributed by atoms with Crippen LogP contribution in [0.1, 0.15) is 24.4 Å². The van der Waals surface area contributed by atoms with E-state index in [1.165, 1.54) is 0 Å². The predicted octanol–water partition coefficient (Wildman–Crippen LogP) is 2.98. The van der Waals surface area contributed by atoms with E-state index in [1.54, 1.807) is 0 Å². The Bertz CT molecular complexity index is 524. The maximum Gasteiger partial charge on any atom is 0.249 e. The molecule has 17 heavy (non-hydrogen) atoms. The van der Waals surface area contributed by atoms with Crippen molar-refractivity contribution in [2.24, 2.45) is 0 Å². The molecule has 0 spiro atoms. The highest BCUT2D eigenvalue weighted by Gasteiger charge is 2.15. The molecule has 1 heterocycles. The van der Waals surface area contributed by atoms with Gasteiger partial charge in [-0.2, -0.15) is 0 Å². The molecule has 0 aliphatic heterocycles. The molecule has 2 aromatic rings. The molecule has 1 atom stereocenters. The summed E-state index contributed by atoms with van der Waals surface area (Å²) in [5, 5.41) is 11.7. The first-order chi connectivity index (χ1) is 8.11. The van der Waals surface area contributed by atoms with Crippen LogP contribution in [0.2, 0.25) is 5.02 Å². The van der Waals surface area contributed by atoms with Crippen molar-refractivity contribution < 1.29 is 4.42 Å². The molecule has 90 valence electrons. The second-order valence-electron chi connectivity index (χ2n) is 3.94. The smallest absolute Gasteiger partial charge is 0.249 e. The SMILES string of the molecule is CNC(C)c1nnc(-c2ccc(C)cc2Cl)o1. The molecule has 1 N–H and O–H groups in total. The molecule has 1 aromatic heterocycles. The molecule has 1 unspecified atom stereocenters. The van der Waals surface area contributed by atoms with Crippen molar-refractivity contribution in [2.75, 3.05) is 7.05 Å². The standard InChI is InChI=1S/C12H14ClN3O/c1-7-4-5-9(10(13)6-7)12-16-15-11(17-12)8(2)14-3/h4-6,8,14H,1-3H3. The van der Waals surface area contributed by atoms with Crippen LogP contribution < -0.4 is 5.32 Å². The summed E-state index contributed by atoms with van der Waals surface area (Å²) in [5.74, 6) is 1.01. The Morgan fingerprint density at radius 2 is 2.12 bits per heavy atom. The minimum atomic E-state index is 0.0282. The highest BCUT2D eigenvalue weighted by Crippen LogP contribution is 2.28. The zero-order valence-electron chi connectivity index (χ0n) is 9.99. The van der Waals surface area contributed by atoms with Crippen LogP contribution in [0.4, 0.5) is 0 Å². The molecule has 1 aromatic carbocycles. The lowest BCUT2D eigenvalue weighted by molar-refractivity contribution is 0.441. The monoisotopic (exact) mass is 251 g/mol. The zero-order chi connectivity index (χ0) is 12.4. The Balaban J connectivity index is 2.37. The van der Waals surface area contributed by atoms with Gasteiger partial charge >= 0.3 is 0 Å². The largest absolute Gasteiger partial charge is 0.419 e. The van der Waals surface area contributed by atoms with Gasteiger partial charge in [0.1, 0.15) is 0 Å². The van der Waals surface area contributed by atoms with Gasteiger partial charge in [-0.15, -0.1) is 10.2 Å². The van der Waals surface area contributed by atoms with Crippen LogP contribution in [0, 0.1) is 6.92 Å². The van der Waals surface area contributed by atoms with E-state index in [0.29, 0.717) is 16.8 Å². The van der Waals surface area contributed by atoms with Gasteiger partial charge in [0, 0.05) is 0 Å². The fourth-order valence-electron chi connectivity index (χ4n) is 1.44. The van der Waals surface area contributed by atoms with Crippen molar-refractivity contribution in [3.8, 4) is 11.5 Å². The fraction of sp³-hybridized carbons (Fsp3) is 0.333. The first-order valence-electron chi connectivity index (χ1n) is 5.39. The molecule has 2 rings (SSSR count). The topological polar surface area (TPSA) is 51.0 Å². The number of nitrogens with zero attached hydrogens (tertiary/aromatic N) is 2. The number of hydrogen-bond acceptors (Lipinski definition) is 4. The third-order valence-corrected chi connectivity index (χ3v) is 2.91. The predicted molar refractivity (Wildman–Crippen MR) is 67.0 cm³/mol. The first-order valence-corrected chi connectivity index (χ1v) is 5.77. The van der Waals surface area contributed by atoms with E-state index in [4.69, 9.17) is 16.0 Å². The highest BCUT2D eigenvalue weighted by atomic mass is 35.5. The second kappa shape index (κ2) is 4.85. The lowest BCUT2D eigenvalue weighted by Gasteiger charge is -2.03. The van der Waals surface area contributed by atoms with Crippen LogP contribution in [0.3, 0.4) is 0 Å². The second-order valence-corrected chi connectivity index (χ2v) is 4.35. The summed E-state index contributed by atoms with van der Waals surface area (Å²) in [5.41, 5.74) is 1.86. The summed E-state index contributed by atoms with van der Waals surface area (Å²) in [7, 11) is 1.84. The summed E-state index contributed by atoms with van der Waals surface area (Å²) in [4.78, 5) is 0. The van der Waals surface area contributed by atoms with Crippen LogP contribution in [0.5, 0.6) is 0 Å². The van der Waals surface area contributed by atoms with Crippen LogP contribution in [0.15, 0.2) is 22.6 Å². The lowest BCUT2D eigenvalue weighted by Crippen LogP contribution is -2.12. The third-order valence-electron chi connectivity index (χ3n) is 2.60. The Morgan fingerprint density at radius 1 is 1.35 bits per heavy atom. The van der Waals surface area contributed by atoms with E-state index < -0.39 is 0 Å². The van der Waals surface area contributed by atoms with Crippen LogP contribution >= 0.6 is 11.6 Å². The van der Waals surface area contributed by atoms with E-state index in [0.717, 1.165) is 11.1 Å². The molecule has 0 saturated heterocycles. The highest BCUT2D eigenvalue weighted by molar-refractivity contribution is 6.33. The van der Waals surface area contributed by atoms with Gasteiger partial charge in [-0.1, -0.05) is 17.7 Å². The zero-order valence-corrected chi connectivity index (χ0v) is 10.7. The number of benzene rings is 1. The minimum Gasteiger partial charge on any atom is -0.419 e. The van der Waals surface area contributed by atoms with Gasteiger partial charge < -0.3 is 9.73 Å². The Hall–Kier alpha value is -1.39. The van der Waals surface area contributed by atoms with Gasteiger partial charge in [-0.25, -0.2) is 0 Å². The number of nitrogens with one attached hydrogen (secondary N) is 1. The molecule has 5 heteroatoms. The molecule has 0 radical (unpaired) electrons. The van der Waals surface area contributed by atoms with Crippen molar-refractivity contribution in [2.45, 2.75) is 19.9 Å². The maximum absolute atomic E-state index is 6.14. The van der Waals surface area contributed by atoms with Gasteiger partial charge in [0.25, 0.3) is 0 Å². The van der Waals surface area contributed by atoms with Crippen LogP contribution in [0.25, 0.3) is 11.5 Å². The van der Waals surface area contributed by atoms with E-state index in [2.05, 4.69) is 15.5 Å². The first kappa shape index (κ1) is 12.1. The summed E-state index contributed by atoms with van der Waals surface area (Å²) < 4.78 is 5.57. The van der Waals surface area contributed by atoms with Crippen molar-refractivity contribution in [3.05, 3.63) is 34.7 Å². The van der Waals surface area contributed by atoms with Crippen molar-refractivity contribution >= 4 is 11.6 Å². The van der Waals surface area contributed by atoms with E-state index in [9.17, 15) is 0 Å². The maximum atomic E-state index is 6.14. The normalized spacial score (nSPS) is 12.7. The van der Waals surface area contributed by atoms with Crippen molar-refractivity contribution in [1.82, 2.24) is 15.5 Å². The number of rotatable bonds is 3. The summed E-state index contributed by atoms with van der Waals surface area (Å²) >= 11 is 6.14. The molecular formula is C12H14ClN3O. The molecule has 0 saturated carbocycles. The molecular weight excluding hydrogens is 238 g/mol. The molecule has 0 aliphatic carbocycles. The van der Waals surface area contributed by atoms with Gasteiger partial charge in [-0.3, -0.25) is 0 Å². The van der Waals surface area contributed by atoms with E-state index in [1.807, 2.05) is 39.1 Å². The number of aryl methyl sites for hydroxylation is 1. The number of aromatic nitrogens is 2. The summed E-state index contributed by atoms with van der Waals surface area (Å²) in [6.07, 6.45) is 0. The minimum absolute atomic E-state index is 0.0282. The Labute approximate surface area is 105 Å². The van der Waals surface area contributed by atoms with Gasteiger partial charge in [0.15, 0.2) is 0 Å². The van der Waals surface area contributed by atoms with E-state index in [-0.39, 0.29) is 6.04 Å². The van der Waals surface area contributed by atoms with Crippen molar-refractivity contribution in [1.29, 1.82) is 0 Å². The average molecular weight is 252 g/mol. The Kier molecular flexibility index (Phi) is 3.45. The number of halogens is 1. The van der Waals surface area contributed by atoms with Crippen LogP contribution in [-0.2, 0) is 0 Å². The fourth-order valence-corrected chi connectivity index (χ4v) is 1.75. The molecule has 0 bridgehead atoms. The summed E-state index contributed by atoms with van der Waals surface area (Å²) in [6, 6.07) is 5.76. The van der Waals surface area contributed by atoms with Gasteiger partial charge in [0.05, 0.1) is 16.6 Å². The third kappa shape index (κ3) is 2.48. The molecule has 4 nitrogen and oxygen atoms in total. The number of hydrogen-bond donors (Lipinski definition) is 1. The van der Waals surface area contributed by atoms with Crippen LogP contribution in [-0.4, -0.2) is 17.2 Å². The van der Waals surface area contributed by atoms with Crippen molar-refractivity contribution in [3.63, 3.8) is 0 Å². The molecule has 0 amide bonds. The lowest BCUT2D eigenvalue weighted by atomic mass is 10.1. The Morgan fingerprint density at radius 3 is 2.76 bits per heavy atom. The summed E-state index contributed by atoms with van der Waals surface area (Å²) in [6.45, 7) is 3.94. The quantitative estimate of drug-likeness (QED) is 0.911. The van der Waals surface area contributed by atoms with Gasteiger partial charge in [-0.05, 0) is 38.6 Å². The van der Waals surface area contributed by atoms with Gasteiger partial charge in [0.2, 0.25) is 11.8 Å². The van der Waals surface area contributed by atoms with E-state index >= 15 is 0 Å². The average Bonchev–Trinajstić information content (AvgIpc) is 2.77. The molecule has 0 aliphatic rings.